The van der Waals surface area contributed by atoms with Crippen molar-refractivity contribution in [3.05, 3.63) is 29.6 Å². The third kappa shape index (κ3) is 4.41. The third-order valence-electron chi connectivity index (χ3n) is 3.41. The molecule has 1 aromatic rings. The van der Waals surface area contributed by atoms with Crippen LogP contribution in [0.15, 0.2) is 18.2 Å². The number of hydrogen-bond donors (Lipinski definition) is 2. The summed E-state index contributed by atoms with van der Waals surface area (Å²) in [7, 11) is 1.59. The van der Waals surface area contributed by atoms with Crippen molar-refractivity contribution in [2.75, 3.05) is 26.8 Å². The lowest BCUT2D eigenvalue weighted by atomic mass is 10.1. The van der Waals surface area contributed by atoms with Crippen molar-refractivity contribution >= 4 is 5.91 Å². The highest BCUT2D eigenvalue weighted by atomic mass is 19.1. The Morgan fingerprint density at radius 2 is 2.38 bits per heavy atom. The van der Waals surface area contributed by atoms with Crippen molar-refractivity contribution in [1.29, 1.82) is 0 Å². The smallest absolute Gasteiger partial charge is 0.236 e. The lowest BCUT2D eigenvalue weighted by Gasteiger charge is -2.17. The molecular weight excluding hydrogens is 275 g/mol. The maximum Gasteiger partial charge on any atom is 0.236 e. The number of halogens is 1. The van der Waals surface area contributed by atoms with Crippen LogP contribution >= 0.6 is 0 Å². The maximum atomic E-state index is 13.1. The number of rotatable bonds is 7. The van der Waals surface area contributed by atoms with Gasteiger partial charge in [0.15, 0.2) is 0 Å². The summed E-state index contributed by atoms with van der Waals surface area (Å²) in [5.74, 6) is 0.394. The lowest BCUT2D eigenvalue weighted by molar-refractivity contribution is -0.123. The van der Waals surface area contributed by atoms with Gasteiger partial charge in [0.1, 0.15) is 17.7 Å². The van der Waals surface area contributed by atoms with Crippen LogP contribution in [0.5, 0.6) is 5.75 Å². The molecule has 1 aliphatic heterocycles. The zero-order valence-corrected chi connectivity index (χ0v) is 12.3. The number of carbonyl (C=O) groups is 1. The van der Waals surface area contributed by atoms with Crippen LogP contribution in [0, 0.1) is 5.82 Å². The summed E-state index contributed by atoms with van der Waals surface area (Å²) in [5.41, 5.74) is 0.874. The maximum absolute atomic E-state index is 13.1. The molecule has 2 rings (SSSR count). The van der Waals surface area contributed by atoms with E-state index in [1.165, 1.54) is 12.1 Å². The van der Waals surface area contributed by atoms with E-state index in [4.69, 9.17) is 9.47 Å². The van der Waals surface area contributed by atoms with E-state index in [1.54, 1.807) is 20.1 Å². The molecule has 2 unspecified atom stereocenters. The summed E-state index contributed by atoms with van der Waals surface area (Å²) in [6, 6.07) is 4.22. The first-order chi connectivity index (χ1) is 10.1. The largest absolute Gasteiger partial charge is 0.488 e. The van der Waals surface area contributed by atoms with E-state index >= 15 is 0 Å². The fourth-order valence-corrected chi connectivity index (χ4v) is 2.23. The van der Waals surface area contributed by atoms with Crippen molar-refractivity contribution in [2.24, 2.45) is 0 Å². The van der Waals surface area contributed by atoms with E-state index in [1.807, 2.05) is 0 Å². The van der Waals surface area contributed by atoms with Gasteiger partial charge in [-0.3, -0.25) is 4.79 Å². The molecule has 2 atom stereocenters. The van der Waals surface area contributed by atoms with Crippen LogP contribution in [-0.2, 0) is 16.0 Å². The average Bonchev–Trinajstić information content (AvgIpc) is 2.86. The predicted octanol–water partition coefficient (Wildman–Crippen LogP) is 0.870. The van der Waals surface area contributed by atoms with Crippen molar-refractivity contribution in [1.82, 2.24) is 10.6 Å². The Morgan fingerprint density at radius 3 is 3.14 bits per heavy atom. The Balaban J connectivity index is 1.73. The van der Waals surface area contributed by atoms with Gasteiger partial charge in [-0.15, -0.1) is 0 Å². The highest BCUT2D eigenvalue weighted by Crippen LogP contribution is 2.28. The van der Waals surface area contributed by atoms with Crippen molar-refractivity contribution in [3.8, 4) is 5.75 Å². The van der Waals surface area contributed by atoms with Gasteiger partial charge in [-0.25, -0.2) is 4.39 Å². The number of amides is 1. The van der Waals surface area contributed by atoms with Crippen LogP contribution in [0.25, 0.3) is 0 Å². The van der Waals surface area contributed by atoms with E-state index in [-0.39, 0.29) is 23.9 Å². The molecule has 2 N–H and O–H groups in total. The van der Waals surface area contributed by atoms with Crippen LogP contribution in [-0.4, -0.2) is 44.9 Å². The highest BCUT2D eigenvalue weighted by molar-refractivity contribution is 5.81. The summed E-state index contributed by atoms with van der Waals surface area (Å²) in [5, 5.41) is 5.90. The fraction of sp³-hybridized carbons (Fsp3) is 0.533. The third-order valence-corrected chi connectivity index (χ3v) is 3.41. The number of methoxy groups -OCH3 is 1. The first kappa shape index (κ1) is 15.7. The zero-order chi connectivity index (χ0) is 15.2. The number of ether oxygens (including phenoxy) is 2. The number of fused-ring (bicyclic) bond motifs is 1. The minimum Gasteiger partial charge on any atom is -0.488 e. The number of carbonyl (C=O) groups excluding carboxylic acids is 1. The van der Waals surface area contributed by atoms with Gasteiger partial charge >= 0.3 is 0 Å². The number of benzene rings is 1. The van der Waals surface area contributed by atoms with Crippen LogP contribution < -0.4 is 15.4 Å². The Bertz CT molecular complexity index is 496. The summed E-state index contributed by atoms with van der Waals surface area (Å²) in [6.45, 7) is 3.32. The first-order valence-corrected chi connectivity index (χ1v) is 7.05. The van der Waals surface area contributed by atoms with Crippen LogP contribution in [0.3, 0.4) is 0 Å². The van der Waals surface area contributed by atoms with Crippen LogP contribution in [0.4, 0.5) is 4.39 Å². The second kappa shape index (κ2) is 7.38. The highest BCUT2D eigenvalue weighted by Gasteiger charge is 2.24. The van der Waals surface area contributed by atoms with Gasteiger partial charge in [0.2, 0.25) is 5.91 Å². The Hall–Kier alpha value is -1.66. The van der Waals surface area contributed by atoms with Gasteiger partial charge in [0.25, 0.3) is 0 Å². The van der Waals surface area contributed by atoms with Crippen LogP contribution in [0.2, 0.25) is 0 Å². The SMILES string of the molecule is COCCNC(=O)C(C)NCC1Cc2cc(F)ccc2O1. The Labute approximate surface area is 123 Å². The second-order valence-corrected chi connectivity index (χ2v) is 5.11. The summed E-state index contributed by atoms with van der Waals surface area (Å²) in [6.07, 6.45) is 0.578. The standard InChI is InChI=1S/C15H21FN2O3/c1-10(15(19)17-5-6-20-2)18-9-13-8-11-7-12(16)3-4-14(11)21-13/h3-4,7,10,13,18H,5-6,8-9H2,1-2H3,(H,17,19). The van der Waals surface area contributed by atoms with Crippen molar-refractivity contribution in [2.45, 2.75) is 25.5 Å². The van der Waals surface area contributed by atoms with Crippen molar-refractivity contribution < 1.29 is 18.7 Å². The van der Waals surface area contributed by atoms with Crippen molar-refractivity contribution in [3.63, 3.8) is 0 Å². The quantitative estimate of drug-likeness (QED) is 0.733. The molecule has 116 valence electrons. The molecule has 6 heteroatoms. The molecule has 21 heavy (non-hydrogen) atoms. The fourth-order valence-electron chi connectivity index (χ4n) is 2.23. The molecule has 0 fully saturated rings. The van der Waals surface area contributed by atoms with Crippen LogP contribution in [0.1, 0.15) is 12.5 Å². The molecule has 0 saturated heterocycles. The minimum absolute atomic E-state index is 0.0731. The van der Waals surface area contributed by atoms with Gasteiger partial charge < -0.3 is 20.1 Å². The molecule has 5 nitrogen and oxygen atoms in total. The lowest BCUT2D eigenvalue weighted by Crippen LogP contribution is -2.46. The summed E-state index contributed by atoms with van der Waals surface area (Å²) < 4.78 is 23.7. The van der Waals surface area contributed by atoms with E-state index in [2.05, 4.69) is 10.6 Å². The minimum atomic E-state index is -0.314. The predicted molar refractivity (Wildman–Crippen MR) is 76.9 cm³/mol. The topological polar surface area (TPSA) is 59.6 Å². The number of hydrogen-bond acceptors (Lipinski definition) is 4. The summed E-state index contributed by atoms with van der Waals surface area (Å²) >= 11 is 0. The van der Waals surface area contributed by atoms with E-state index in [9.17, 15) is 9.18 Å². The molecule has 1 aliphatic rings. The zero-order valence-electron chi connectivity index (χ0n) is 12.3. The molecule has 0 bridgehead atoms. The van der Waals surface area contributed by atoms with E-state index in [0.29, 0.717) is 26.1 Å². The molecule has 0 saturated carbocycles. The van der Waals surface area contributed by atoms with E-state index in [0.717, 1.165) is 11.3 Å². The second-order valence-electron chi connectivity index (χ2n) is 5.11. The first-order valence-electron chi connectivity index (χ1n) is 7.05. The van der Waals surface area contributed by atoms with Gasteiger partial charge in [-0.1, -0.05) is 0 Å². The van der Waals surface area contributed by atoms with Gasteiger partial charge in [-0.2, -0.15) is 0 Å². The molecule has 0 radical (unpaired) electrons. The number of nitrogens with one attached hydrogen (secondary N) is 2. The Kier molecular flexibility index (Phi) is 5.52. The Morgan fingerprint density at radius 1 is 1.57 bits per heavy atom. The van der Waals surface area contributed by atoms with Gasteiger partial charge in [-0.05, 0) is 25.1 Å². The molecule has 1 amide bonds. The molecule has 0 aliphatic carbocycles. The normalized spacial score (nSPS) is 18.0. The molecule has 1 aromatic carbocycles. The summed E-state index contributed by atoms with van der Waals surface area (Å²) in [4.78, 5) is 11.8. The average molecular weight is 296 g/mol. The molecular formula is C15H21FN2O3. The van der Waals surface area contributed by atoms with Gasteiger partial charge in [0.05, 0.1) is 12.6 Å². The van der Waals surface area contributed by atoms with Gasteiger partial charge in [0, 0.05) is 32.2 Å². The van der Waals surface area contributed by atoms with E-state index < -0.39 is 0 Å². The monoisotopic (exact) mass is 296 g/mol. The molecule has 0 spiro atoms. The molecule has 1 heterocycles. The molecule has 0 aromatic heterocycles.